The number of nitrogens with zero attached hydrogens (tertiary/aromatic N) is 2. The summed E-state index contributed by atoms with van der Waals surface area (Å²) in [7, 11) is 1.84. The number of carbonyl (C=O) groups is 1. The van der Waals surface area contributed by atoms with Gasteiger partial charge >= 0.3 is 5.97 Å². The SMILES string of the molecule is Cn1nc2c(Br)cccc2c1CCC(=O)O. The number of carboxylic acid groups (broad SMARTS) is 1. The number of aromatic nitrogens is 2. The zero-order valence-electron chi connectivity index (χ0n) is 8.77. The van der Waals surface area contributed by atoms with Crippen LogP contribution in [0.4, 0.5) is 0 Å². The van der Waals surface area contributed by atoms with Gasteiger partial charge in [-0.25, -0.2) is 0 Å². The third kappa shape index (κ3) is 1.95. The number of halogens is 1. The second-order valence-electron chi connectivity index (χ2n) is 3.60. The summed E-state index contributed by atoms with van der Waals surface area (Å²) in [4.78, 5) is 10.6. The fraction of sp³-hybridized carbons (Fsp3) is 0.273. The highest BCUT2D eigenvalue weighted by Gasteiger charge is 2.11. The molecule has 1 aromatic carbocycles. The van der Waals surface area contributed by atoms with Crippen molar-refractivity contribution in [2.45, 2.75) is 12.8 Å². The summed E-state index contributed by atoms with van der Waals surface area (Å²) < 4.78 is 2.68. The van der Waals surface area contributed by atoms with Crippen molar-refractivity contribution in [3.8, 4) is 0 Å². The molecule has 0 aliphatic carbocycles. The van der Waals surface area contributed by atoms with Gasteiger partial charge in [0.2, 0.25) is 0 Å². The largest absolute Gasteiger partial charge is 0.481 e. The summed E-state index contributed by atoms with van der Waals surface area (Å²) in [5.74, 6) is -0.788. The first-order valence-corrected chi connectivity index (χ1v) is 5.71. The molecule has 0 saturated heterocycles. The van der Waals surface area contributed by atoms with Crippen LogP contribution in [0.15, 0.2) is 22.7 Å². The summed E-state index contributed by atoms with van der Waals surface area (Å²) in [6, 6.07) is 5.82. The van der Waals surface area contributed by atoms with Gasteiger partial charge in [0.05, 0.1) is 6.42 Å². The lowest BCUT2D eigenvalue weighted by atomic mass is 10.1. The van der Waals surface area contributed by atoms with Crippen molar-refractivity contribution >= 4 is 32.8 Å². The molecule has 2 aromatic rings. The maximum absolute atomic E-state index is 10.6. The van der Waals surface area contributed by atoms with Crippen molar-refractivity contribution in [3.05, 3.63) is 28.4 Å². The predicted octanol–water partition coefficient (Wildman–Crippen LogP) is 2.35. The summed E-state index contributed by atoms with van der Waals surface area (Å²) >= 11 is 3.43. The molecule has 1 N–H and O–H groups in total. The van der Waals surface area contributed by atoms with Crippen LogP contribution in [-0.2, 0) is 18.3 Å². The van der Waals surface area contributed by atoms with Crippen LogP contribution in [0.25, 0.3) is 10.9 Å². The lowest BCUT2D eigenvalue weighted by Crippen LogP contribution is -2.03. The van der Waals surface area contributed by atoms with Gasteiger partial charge in [-0.15, -0.1) is 0 Å². The second kappa shape index (κ2) is 4.25. The molecule has 5 heteroatoms. The maximum atomic E-state index is 10.6. The Morgan fingerprint density at radius 2 is 2.31 bits per heavy atom. The van der Waals surface area contributed by atoms with Crippen LogP contribution in [0, 0.1) is 0 Å². The van der Waals surface area contributed by atoms with E-state index < -0.39 is 5.97 Å². The van der Waals surface area contributed by atoms with Crippen LogP contribution in [0.2, 0.25) is 0 Å². The van der Waals surface area contributed by atoms with Crippen molar-refractivity contribution in [2.75, 3.05) is 0 Å². The first-order chi connectivity index (χ1) is 7.59. The van der Waals surface area contributed by atoms with Crippen molar-refractivity contribution in [1.82, 2.24) is 9.78 Å². The van der Waals surface area contributed by atoms with E-state index in [1.54, 1.807) is 4.68 Å². The zero-order valence-corrected chi connectivity index (χ0v) is 10.4. The van der Waals surface area contributed by atoms with Gasteiger partial charge in [0.1, 0.15) is 5.52 Å². The van der Waals surface area contributed by atoms with Crippen molar-refractivity contribution in [1.29, 1.82) is 0 Å². The molecule has 0 aliphatic rings. The van der Waals surface area contributed by atoms with Gasteiger partial charge in [-0.3, -0.25) is 9.48 Å². The van der Waals surface area contributed by atoms with E-state index in [1.807, 2.05) is 25.2 Å². The Morgan fingerprint density at radius 1 is 1.56 bits per heavy atom. The Bertz CT molecular complexity index is 548. The highest BCUT2D eigenvalue weighted by Crippen LogP contribution is 2.25. The number of aryl methyl sites for hydroxylation is 2. The monoisotopic (exact) mass is 282 g/mol. The van der Waals surface area contributed by atoms with E-state index in [2.05, 4.69) is 21.0 Å². The minimum Gasteiger partial charge on any atom is -0.481 e. The van der Waals surface area contributed by atoms with Gasteiger partial charge in [0, 0.05) is 29.0 Å². The molecule has 16 heavy (non-hydrogen) atoms. The molecule has 84 valence electrons. The smallest absolute Gasteiger partial charge is 0.303 e. The standard InChI is InChI=1S/C11H11BrN2O2/c1-14-9(5-6-10(15)16)7-3-2-4-8(12)11(7)13-14/h2-4H,5-6H2,1H3,(H,15,16). The molecule has 0 saturated carbocycles. The minimum absolute atomic E-state index is 0.126. The average molecular weight is 283 g/mol. The van der Waals surface area contributed by atoms with E-state index in [-0.39, 0.29) is 6.42 Å². The molecule has 1 aromatic heterocycles. The van der Waals surface area contributed by atoms with E-state index in [0.717, 1.165) is 21.1 Å². The molecule has 2 rings (SSSR count). The zero-order chi connectivity index (χ0) is 11.7. The van der Waals surface area contributed by atoms with E-state index >= 15 is 0 Å². The molecule has 0 bridgehead atoms. The first-order valence-electron chi connectivity index (χ1n) is 4.91. The Balaban J connectivity index is 2.48. The van der Waals surface area contributed by atoms with Crippen molar-refractivity contribution in [2.24, 2.45) is 7.05 Å². The van der Waals surface area contributed by atoms with Gasteiger partial charge in [0.15, 0.2) is 0 Å². The van der Waals surface area contributed by atoms with E-state index in [9.17, 15) is 4.79 Å². The third-order valence-electron chi connectivity index (χ3n) is 2.51. The molecular formula is C11H11BrN2O2. The number of hydrogen-bond acceptors (Lipinski definition) is 2. The molecule has 0 radical (unpaired) electrons. The molecule has 0 aliphatic heterocycles. The second-order valence-corrected chi connectivity index (χ2v) is 4.45. The lowest BCUT2D eigenvalue weighted by Gasteiger charge is -1.99. The van der Waals surface area contributed by atoms with Crippen LogP contribution in [0.5, 0.6) is 0 Å². The highest BCUT2D eigenvalue weighted by atomic mass is 79.9. The van der Waals surface area contributed by atoms with Crippen LogP contribution in [0.1, 0.15) is 12.1 Å². The van der Waals surface area contributed by atoms with Gasteiger partial charge in [-0.1, -0.05) is 12.1 Å². The molecule has 0 fully saturated rings. The van der Waals surface area contributed by atoms with Crippen molar-refractivity contribution in [3.63, 3.8) is 0 Å². The topological polar surface area (TPSA) is 55.1 Å². The van der Waals surface area contributed by atoms with Gasteiger partial charge in [0.25, 0.3) is 0 Å². The molecule has 0 unspecified atom stereocenters. The molecule has 0 amide bonds. The van der Waals surface area contributed by atoms with Crippen LogP contribution in [0.3, 0.4) is 0 Å². The van der Waals surface area contributed by atoms with E-state index in [0.29, 0.717) is 6.42 Å². The van der Waals surface area contributed by atoms with Gasteiger partial charge < -0.3 is 5.11 Å². The summed E-state index contributed by atoms with van der Waals surface area (Å²) in [5.41, 5.74) is 1.84. The Labute approximate surface area is 101 Å². The van der Waals surface area contributed by atoms with Crippen LogP contribution >= 0.6 is 15.9 Å². The summed E-state index contributed by atoms with van der Waals surface area (Å²) in [5, 5.41) is 14.1. The highest BCUT2D eigenvalue weighted by molar-refractivity contribution is 9.10. The quantitative estimate of drug-likeness (QED) is 0.940. The Hall–Kier alpha value is -1.36. The first kappa shape index (κ1) is 11.1. The minimum atomic E-state index is -0.788. The lowest BCUT2D eigenvalue weighted by molar-refractivity contribution is -0.136. The van der Waals surface area contributed by atoms with E-state index in [4.69, 9.17) is 5.11 Å². The molecular weight excluding hydrogens is 272 g/mol. The molecule has 0 atom stereocenters. The Kier molecular flexibility index (Phi) is 2.96. The fourth-order valence-corrected chi connectivity index (χ4v) is 2.20. The van der Waals surface area contributed by atoms with Crippen LogP contribution < -0.4 is 0 Å². The number of carboxylic acids is 1. The molecule has 0 spiro atoms. The van der Waals surface area contributed by atoms with Gasteiger partial charge in [-0.05, 0) is 22.0 Å². The normalized spacial score (nSPS) is 10.9. The number of benzene rings is 1. The number of aliphatic carboxylic acids is 1. The summed E-state index contributed by atoms with van der Waals surface area (Å²) in [6.45, 7) is 0. The molecule has 1 heterocycles. The summed E-state index contributed by atoms with van der Waals surface area (Å²) in [6.07, 6.45) is 0.625. The predicted molar refractivity (Wildman–Crippen MR) is 64.4 cm³/mol. The number of rotatable bonds is 3. The fourth-order valence-electron chi connectivity index (χ4n) is 1.76. The van der Waals surface area contributed by atoms with Crippen LogP contribution in [-0.4, -0.2) is 20.9 Å². The van der Waals surface area contributed by atoms with Gasteiger partial charge in [-0.2, -0.15) is 5.10 Å². The number of hydrogen-bond donors (Lipinski definition) is 1. The number of fused-ring (bicyclic) bond motifs is 1. The maximum Gasteiger partial charge on any atom is 0.303 e. The average Bonchev–Trinajstić information content (AvgIpc) is 2.53. The third-order valence-corrected chi connectivity index (χ3v) is 3.15. The molecule has 4 nitrogen and oxygen atoms in total. The van der Waals surface area contributed by atoms with E-state index in [1.165, 1.54) is 0 Å². The van der Waals surface area contributed by atoms with Crippen molar-refractivity contribution < 1.29 is 9.90 Å². The Morgan fingerprint density at radius 3 is 3.00 bits per heavy atom.